The van der Waals surface area contributed by atoms with E-state index in [1.165, 1.54) is 11.8 Å². The molecule has 0 rings (SSSR count). The fraction of sp³-hybridized carbons (Fsp3) is 0.875. The quantitative estimate of drug-likeness (QED) is 0.661. The molecule has 0 saturated heterocycles. The molecule has 1 atom stereocenters. The fourth-order valence-corrected chi connectivity index (χ4v) is 1.86. The second kappa shape index (κ2) is 6.31. The van der Waals surface area contributed by atoms with Gasteiger partial charge in [0.15, 0.2) is 0 Å². The van der Waals surface area contributed by atoms with E-state index in [1.54, 1.807) is 0 Å². The normalized spacial score (nSPS) is 13.3. The van der Waals surface area contributed by atoms with Crippen molar-refractivity contribution in [3.8, 4) is 0 Å². The lowest BCUT2D eigenvalue weighted by Crippen LogP contribution is -2.26. The molecule has 0 bridgehead atoms. The Morgan fingerprint density at radius 3 is 2.50 bits per heavy atom. The van der Waals surface area contributed by atoms with Gasteiger partial charge in [-0.15, -0.1) is 11.8 Å². The van der Waals surface area contributed by atoms with Gasteiger partial charge >= 0.3 is 5.97 Å². The molecule has 72 valence electrons. The highest BCUT2D eigenvalue weighted by molar-refractivity contribution is 8.00. The van der Waals surface area contributed by atoms with Crippen LogP contribution in [0.3, 0.4) is 0 Å². The fourth-order valence-electron chi connectivity index (χ4n) is 0.686. The van der Waals surface area contributed by atoms with Crippen LogP contribution in [0.2, 0.25) is 0 Å². The van der Waals surface area contributed by atoms with Crippen molar-refractivity contribution in [2.45, 2.75) is 25.5 Å². The van der Waals surface area contributed by atoms with Crippen molar-refractivity contribution in [1.82, 2.24) is 0 Å². The highest BCUT2D eigenvalue weighted by Crippen LogP contribution is 2.14. The highest BCUT2D eigenvalue weighted by Gasteiger charge is 2.14. The molecule has 0 aromatic carbocycles. The molecular weight excluding hydrogens is 174 g/mol. The number of hydrogen-bond donors (Lipinski definition) is 2. The summed E-state index contributed by atoms with van der Waals surface area (Å²) in [6.07, 6.45) is 1.05. The summed E-state index contributed by atoms with van der Waals surface area (Å²) in [6.45, 7) is 4.47. The summed E-state index contributed by atoms with van der Waals surface area (Å²) in [5.74, 6) is 0.710. The standard InChI is InChI=1S/C8H17NO2S/c1-6(2)3-4-12-7(5-9)8(10)11/h6-7H,3-5,9H2,1-2H3,(H,10,11). The molecule has 0 aliphatic carbocycles. The van der Waals surface area contributed by atoms with Crippen LogP contribution >= 0.6 is 11.8 Å². The zero-order valence-corrected chi connectivity index (χ0v) is 8.43. The van der Waals surface area contributed by atoms with Crippen LogP contribution in [-0.4, -0.2) is 28.6 Å². The van der Waals surface area contributed by atoms with E-state index in [0.29, 0.717) is 5.92 Å². The third-order valence-electron chi connectivity index (χ3n) is 1.50. The molecule has 0 heterocycles. The molecule has 12 heavy (non-hydrogen) atoms. The molecule has 0 saturated carbocycles. The van der Waals surface area contributed by atoms with Crippen molar-refractivity contribution in [2.24, 2.45) is 11.7 Å². The van der Waals surface area contributed by atoms with E-state index in [9.17, 15) is 4.79 Å². The van der Waals surface area contributed by atoms with E-state index in [-0.39, 0.29) is 6.54 Å². The Morgan fingerprint density at radius 1 is 1.58 bits per heavy atom. The molecule has 0 fully saturated rings. The monoisotopic (exact) mass is 191 g/mol. The zero-order chi connectivity index (χ0) is 9.56. The van der Waals surface area contributed by atoms with Gasteiger partial charge < -0.3 is 10.8 Å². The van der Waals surface area contributed by atoms with Gasteiger partial charge in [0.05, 0.1) is 0 Å². The lowest BCUT2D eigenvalue weighted by Gasteiger charge is -2.09. The van der Waals surface area contributed by atoms with Crippen LogP contribution in [0.5, 0.6) is 0 Å². The van der Waals surface area contributed by atoms with E-state index < -0.39 is 11.2 Å². The van der Waals surface area contributed by atoms with Gasteiger partial charge in [-0.25, -0.2) is 0 Å². The number of aliphatic carboxylic acids is 1. The van der Waals surface area contributed by atoms with Gasteiger partial charge in [-0.2, -0.15) is 0 Å². The van der Waals surface area contributed by atoms with Crippen molar-refractivity contribution in [2.75, 3.05) is 12.3 Å². The maximum absolute atomic E-state index is 10.5. The van der Waals surface area contributed by atoms with Crippen LogP contribution in [0, 0.1) is 5.92 Å². The minimum Gasteiger partial charge on any atom is -0.480 e. The predicted molar refractivity (Wildman–Crippen MR) is 52.4 cm³/mol. The van der Waals surface area contributed by atoms with Crippen LogP contribution in [0.25, 0.3) is 0 Å². The van der Waals surface area contributed by atoms with Crippen molar-refractivity contribution in [3.05, 3.63) is 0 Å². The number of thioether (sulfide) groups is 1. The molecule has 0 aliphatic heterocycles. The largest absolute Gasteiger partial charge is 0.480 e. The molecule has 0 spiro atoms. The van der Waals surface area contributed by atoms with Crippen LogP contribution in [0.1, 0.15) is 20.3 Å². The average Bonchev–Trinajstić information content (AvgIpc) is 1.96. The minimum absolute atomic E-state index is 0.220. The summed E-state index contributed by atoms with van der Waals surface area (Å²) in [5, 5.41) is 8.21. The van der Waals surface area contributed by atoms with Crippen molar-refractivity contribution in [1.29, 1.82) is 0 Å². The SMILES string of the molecule is CC(C)CCSC(CN)C(=O)O. The van der Waals surface area contributed by atoms with Gasteiger partial charge in [0.1, 0.15) is 5.25 Å². The van der Waals surface area contributed by atoms with Gasteiger partial charge in [-0.3, -0.25) is 4.79 Å². The molecular formula is C8H17NO2S. The third kappa shape index (κ3) is 5.43. The molecule has 0 amide bonds. The lowest BCUT2D eigenvalue weighted by atomic mass is 10.2. The average molecular weight is 191 g/mol. The summed E-state index contributed by atoms with van der Waals surface area (Å²) < 4.78 is 0. The highest BCUT2D eigenvalue weighted by atomic mass is 32.2. The number of carbonyl (C=O) groups is 1. The molecule has 0 aromatic heterocycles. The molecule has 4 heteroatoms. The van der Waals surface area contributed by atoms with E-state index >= 15 is 0 Å². The van der Waals surface area contributed by atoms with Crippen LogP contribution < -0.4 is 5.73 Å². The van der Waals surface area contributed by atoms with Gasteiger partial charge in [-0.05, 0) is 18.1 Å². The van der Waals surface area contributed by atoms with Gasteiger partial charge in [0.2, 0.25) is 0 Å². The Morgan fingerprint density at radius 2 is 2.17 bits per heavy atom. The second-order valence-corrected chi connectivity index (χ2v) is 4.43. The van der Waals surface area contributed by atoms with Crippen molar-refractivity contribution >= 4 is 17.7 Å². The number of hydrogen-bond acceptors (Lipinski definition) is 3. The third-order valence-corrected chi connectivity index (χ3v) is 2.77. The molecule has 3 nitrogen and oxygen atoms in total. The summed E-state index contributed by atoms with van der Waals surface area (Å²) in [7, 11) is 0. The molecule has 0 radical (unpaired) electrons. The van der Waals surface area contributed by atoms with E-state index in [4.69, 9.17) is 10.8 Å². The Labute approximate surface area is 77.7 Å². The number of nitrogens with two attached hydrogens (primary N) is 1. The van der Waals surface area contributed by atoms with Crippen molar-refractivity contribution in [3.63, 3.8) is 0 Å². The number of carboxylic acids is 1. The molecule has 1 unspecified atom stereocenters. The Kier molecular flexibility index (Phi) is 6.20. The van der Waals surface area contributed by atoms with Crippen molar-refractivity contribution < 1.29 is 9.90 Å². The summed E-state index contributed by atoms with van der Waals surface area (Å²) >= 11 is 1.43. The Balaban J connectivity index is 3.52. The Hall–Kier alpha value is -0.220. The molecule has 3 N–H and O–H groups in total. The summed E-state index contributed by atoms with van der Waals surface area (Å²) in [6, 6.07) is 0. The van der Waals surface area contributed by atoms with Gasteiger partial charge in [-0.1, -0.05) is 13.8 Å². The summed E-state index contributed by atoms with van der Waals surface area (Å²) in [5.41, 5.74) is 5.29. The van der Waals surface area contributed by atoms with E-state index in [1.807, 2.05) is 0 Å². The van der Waals surface area contributed by atoms with E-state index in [2.05, 4.69) is 13.8 Å². The number of rotatable bonds is 6. The zero-order valence-electron chi connectivity index (χ0n) is 7.62. The maximum atomic E-state index is 10.5. The van der Waals surface area contributed by atoms with Gasteiger partial charge in [0.25, 0.3) is 0 Å². The first-order chi connectivity index (χ1) is 5.57. The van der Waals surface area contributed by atoms with Crippen LogP contribution in [0.4, 0.5) is 0 Å². The topological polar surface area (TPSA) is 63.3 Å². The smallest absolute Gasteiger partial charge is 0.317 e. The van der Waals surface area contributed by atoms with Gasteiger partial charge in [0, 0.05) is 6.54 Å². The minimum atomic E-state index is -0.800. The second-order valence-electron chi connectivity index (χ2n) is 3.12. The predicted octanol–water partition coefficient (Wildman–Crippen LogP) is 1.18. The van der Waals surface area contributed by atoms with E-state index in [0.717, 1.165) is 12.2 Å². The number of carboxylic acid groups (broad SMARTS) is 1. The first kappa shape index (κ1) is 11.8. The lowest BCUT2D eigenvalue weighted by molar-refractivity contribution is -0.136. The van der Waals surface area contributed by atoms with Crippen LogP contribution in [0.15, 0.2) is 0 Å². The Bertz CT molecular complexity index is 139. The molecule has 0 aromatic rings. The first-order valence-corrected chi connectivity index (χ1v) is 5.17. The maximum Gasteiger partial charge on any atom is 0.317 e. The summed E-state index contributed by atoms with van der Waals surface area (Å²) in [4.78, 5) is 10.5. The molecule has 0 aliphatic rings. The first-order valence-electron chi connectivity index (χ1n) is 4.12. The van der Waals surface area contributed by atoms with Crippen LogP contribution in [-0.2, 0) is 4.79 Å².